The van der Waals surface area contributed by atoms with Crippen molar-refractivity contribution >= 4 is 0 Å². The fraction of sp³-hybridized carbons (Fsp3) is 0.467. The van der Waals surface area contributed by atoms with Crippen molar-refractivity contribution < 1.29 is 0 Å². The third-order valence-corrected chi connectivity index (χ3v) is 3.29. The summed E-state index contributed by atoms with van der Waals surface area (Å²) < 4.78 is 1.89. The van der Waals surface area contributed by atoms with Crippen LogP contribution in [0.5, 0.6) is 0 Å². The monoisotopic (exact) mass is 258 g/mol. The zero-order chi connectivity index (χ0) is 13.8. The fourth-order valence-corrected chi connectivity index (χ4v) is 2.21. The Morgan fingerprint density at radius 3 is 2.53 bits per heavy atom. The lowest BCUT2D eigenvalue weighted by molar-refractivity contribution is 0.570. The average molecular weight is 258 g/mol. The first-order valence-electron chi connectivity index (χ1n) is 6.73. The van der Waals surface area contributed by atoms with Crippen molar-refractivity contribution in [1.29, 1.82) is 0 Å². The van der Waals surface area contributed by atoms with E-state index in [0.717, 1.165) is 6.54 Å². The second kappa shape index (κ2) is 5.97. The third-order valence-electron chi connectivity index (χ3n) is 3.29. The van der Waals surface area contributed by atoms with Gasteiger partial charge in [0.1, 0.15) is 0 Å². The molecule has 2 rings (SSSR count). The molecule has 1 atom stereocenters. The Labute approximate surface area is 114 Å². The number of aromatic nitrogens is 3. The van der Waals surface area contributed by atoms with Crippen molar-refractivity contribution in [2.24, 2.45) is 7.05 Å². The zero-order valence-corrected chi connectivity index (χ0v) is 12.1. The highest BCUT2D eigenvalue weighted by Crippen LogP contribution is 2.18. The second-order valence-electron chi connectivity index (χ2n) is 5.25. The smallest absolute Gasteiger partial charge is 0.0694 e. The normalized spacial score (nSPS) is 12.9. The first kappa shape index (κ1) is 13.7. The predicted octanol–water partition coefficient (Wildman–Crippen LogP) is 2.79. The second-order valence-corrected chi connectivity index (χ2v) is 5.25. The Morgan fingerprint density at radius 2 is 1.89 bits per heavy atom. The molecule has 0 aromatic carbocycles. The summed E-state index contributed by atoms with van der Waals surface area (Å²) in [5.74, 6) is 0.453. The topological polar surface area (TPSA) is 42.7 Å². The molecule has 0 saturated carbocycles. The molecule has 0 aliphatic rings. The van der Waals surface area contributed by atoms with Crippen LogP contribution in [0.1, 0.15) is 49.6 Å². The summed E-state index contributed by atoms with van der Waals surface area (Å²) in [6, 6.07) is 4.40. The van der Waals surface area contributed by atoms with E-state index in [9.17, 15) is 0 Å². The van der Waals surface area contributed by atoms with Gasteiger partial charge in [0.15, 0.2) is 0 Å². The molecule has 19 heavy (non-hydrogen) atoms. The van der Waals surface area contributed by atoms with E-state index in [1.54, 1.807) is 0 Å². The van der Waals surface area contributed by atoms with Gasteiger partial charge in [0.2, 0.25) is 0 Å². The van der Waals surface area contributed by atoms with Crippen LogP contribution in [0, 0.1) is 0 Å². The zero-order valence-electron chi connectivity index (χ0n) is 12.1. The van der Waals surface area contributed by atoms with Gasteiger partial charge in [0.05, 0.1) is 5.69 Å². The number of hydrogen-bond acceptors (Lipinski definition) is 3. The quantitative estimate of drug-likeness (QED) is 0.896. The SMILES string of the molecule is CC(C)c1nn(C)cc1CNC(C)c1ccncc1. The molecular formula is C15H22N4. The molecule has 2 heterocycles. The third kappa shape index (κ3) is 3.41. The highest BCUT2D eigenvalue weighted by molar-refractivity contribution is 5.21. The lowest BCUT2D eigenvalue weighted by Crippen LogP contribution is -2.18. The van der Waals surface area contributed by atoms with Crippen LogP contribution in [0.2, 0.25) is 0 Å². The van der Waals surface area contributed by atoms with E-state index in [2.05, 4.69) is 42.4 Å². The molecule has 0 bridgehead atoms. The molecular weight excluding hydrogens is 236 g/mol. The summed E-state index contributed by atoms with van der Waals surface area (Å²) in [7, 11) is 1.97. The molecule has 0 saturated heterocycles. The number of nitrogens with zero attached hydrogens (tertiary/aromatic N) is 3. The Balaban J connectivity index is 2.03. The molecule has 0 spiro atoms. The van der Waals surface area contributed by atoms with Gasteiger partial charge in [-0.15, -0.1) is 0 Å². The minimum atomic E-state index is 0.309. The predicted molar refractivity (Wildman–Crippen MR) is 76.8 cm³/mol. The van der Waals surface area contributed by atoms with Crippen LogP contribution in [-0.2, 0) is 13.6 Å². The molecule has 0 fully saturated rings. The standard InChI is InChI=1S/C15H22N4/c1-11(2)15-14(10-19(4)18-15)9-17-12(3)13-5-7-16-8-6-13/h5-8,10-12,17H,9H2,1-4H3. The number of nitrogens with one attached hydrogen (secondary N) is 1. The molecule has 2 aromatic rings. The van der Waals surface area contributed by atoms with E-state index in [0.29, 0.717) is 12.0 Å². The lowest BCUT2D eigenvalue weighted by Gasteiger charge is -2.14. The van der Waals surface area contributed by atoms with Crippen molar-refractivity contribution in [3.8, 4) is 0 Å². The van der Waals surface area contributed by atoms with Crippen molar-refractivity contribution in [2.75, 3.05) is 0 Å². The lowest BCUT2D eigenvalue weighted by atomic mass is 10.1. The van der Waals surface area contributed by atoms with Crippen molar-refractivity contribution in [2.45, 2.75) is 39.3 Å². The van der Waals surface area contributed by atoms with Crippen LogP contribution in [0.3, 0.4) is 0 Å². The summed E-state index contributed by atoms with van der Waals surface area (Å²) in [6.45, 7) is 7.36. The van der Waals surface area contributed by atoms with Gasteiger partial charge in [-0.3, -0.25) is 9.67 Å². The van der Waals surface area contributed by atoms with Gasteiger partial charge in [-0.2, -0.15) is 5.10 Å². The highest BCUT2D eigenvalue weighted by atomic mass is 15.3. The number of pyridine rings is 1. The fourth-order valence-electron chi connectivity index (χ4n) is 2.21. The number of rotatable bonds is 5. The number of aryl methyl sites for hydroxylation is 1. The molecule has 0 radical (unpaired) electrons. The molecule has 0 amide bonds. The van der Waals surface area contributed by atoms with Crippen LogP contribution in [-0.4, -0.2) is 14.8 Å². The van der Waals surface area contributed by atoms with E-state index in [1.165, 1.54) is 16.8 Å². The molecule has 4 nitrogen and oxygen atoms in total. The van der Waals surface area contributed by atoms with Gasteiger partial charge in [0, 0.05) is 43.8 Å². The van der Waals surface area contributed by atoms with E-state index < -0.39 is 0 Å². The van der Waals surface area contributed by atoms with Gasteiger partial charge in [-0.25, -0.2) is 0 Å². The molecule has 102 valence electrons. The Bertz CT molecular complexity index is 516. The van der Waals surface area contributed by atoms with Crippen LogP contribution in [0.4, 0.5) is 0 Å². The molecule has 4 heteroatoms. The molecule has 1 unspecified atom stereocenters. The molecule has 0 aliphatic carbocycles. The van der Waals surface area contributed by atoms with Gasteiger partial charge in [0.25, 0.3) is 0 Å². The van der Waals surface area contributed by atoms with Crippen molar-refractivity contribution in [1.82, 2.24) is 20.1 Å². The Hall–Kier alpha value is -1.68. The molecule has 1 N–H and O–H groups in total. The van der Waals surface area contributed by atoms with E-state index in [-0.39, 0.29) is 0 Å². The Kier molecular flexibility index (Phi) is 4.32. The van der Waals surface area contributed by atoms with Gasteiger partial charge >= 0.3 is 0 Å². The Morgan fingerprint density at radius 1 is 1.21 bits per heavy atom. The van der Waals surface area contributed by atoms with Crippen molar-refractivity contribution in [3.63, 3.8) is 0 Å². The summed E-state index contributed by atoms with van der Waals surface area (Å²) in [5, 5.41) is 8.07. The first-order valence-corrected chi connectivity index (χ1v) is 6.73. The van der Waals surface area contributed by atoms with E-state index in [4.69, 9.17) is 0 Å². The van der Waals surface area contributed by atoms with E-state index in [1.807, 2.05) is 36.3 Å². The highest BCUT2D eigenvalue weighted by Gasteiger charge is 2.12. The summed E-state index contributed by atoms with van der Waals surface area (Å²) >= 11 is 0. The maximum absolute atomic E-state index is 4.53. The van der Waals surface area contributed by atoms with Gasteiger partial charge < -0.3 is 5.32 Å². The summed E-state index contributed by atoms with van der Waals surface area (Å²) in [4.78, 5) is 4.05. The average Bonchev–Trinajstić information content (AvgIpc) is 2.78. The van der Waals surface area contributed by atoms with E-state index >= 15 is 0 Å². The molecule has 0 aliphatic heterocycles. The van der Waals surface area contributed by atoms with Gasteiger partial charge in [-0.05, 0) is 30.5 Å². The first-order chi connectivity index (χ1) is 9.08. The number of hydrogen-bond donors (Lipinski definition) is 1. The van der Waals surface area contributed by atoms with Gasteiger partial charge in [-0.1, -0.05) is 13.8 Å². The van der Waals surface area contributed by atoms with Crippen molar-refractivity contribution in [3.05, 3.63) is 47.5 Å². The minimum Gasteiger partial charge on any atom is -0.306 e. The maximum Gasteiger partial charge on any atom is 0.0694 e. The van der Waals surface area contributed by atoms with Crippen LogP contribution in [0.15, 0.2) is 30.7 Å². The summed E-state index contributed by atoms with van der Waals surface area (Å²) in [6.07, 6.45) is 5.76. The minimum absolute atomic E-state index is 0.309. The summed E-state index contributed by atoms with van der Waals surface area (Å²) in [5.41, 5.74) is 3.71. The van der Waals surface area contributed by atoms with Crippen LogP contribution in [0.25, 0.3) is 0 Å². The largest absolute Gasteiger partial charge is 0.306 e. The molecule has 2 aromatic heterocycles. The van der Waals surface area contributed by atoms with Crippen LogP contribution >= 0.6 is 0 Å². The van der Waals surface area contributed by atoms with Crippen LogP contribution < -0.4 is 5.32 Å². The maximum atomic E-state index is 4.53.